The molecule has 5 rings (SSSR count). The number of carbonyl (C=O) groups excluding carboxylic acids is 2. The maximum absolute atomic E-state index is 12.8. The van der Waals surface area contributed by atoms with Crippen LogP contribution in [0.1, 0.15) is 68.9 Å². The predicted octanol–water partition coefficient (Wildman–Crippen LogP) is 3.79. The lowest BCUT2D eigenvalue weighted by atomic mass is 9.67. The monoisotopic (exact) mass is 382 g/mol. The molecule has 1 unspecified atom stereocenters. The van der Waals surface area contributed by atoms with Crippen LogP contribution >= 0.6 is 0 Å². The highest BCUT2D eigenvalue weighted by Crippen LogP contribution is 2.53. The molecule has 4 aliphatic rings. The molecule has 4 fully saturated rings. The van der Waals surface area contributed by atoms with Crippen molar-refractivity contribution in [1.82, 2.24) is 10.2 Å². The minimum atomic E-state index is -0.341. The van der Waals surface area contributed by atoms with Gasteiger partial charge < -0.3 is 15.0 Å². The Kier molecular flexibility index (Phi) is 4.01. The number of hydrogen-bond donors (Lipinski definition) is 1. The number of benzene rings is 1. The zero-order valence-electron chi connectivity index (χ0n) is 16.9. The lowest BCUT2D eigenvalue weighted by Crippen LogP contribution is -2.63. The summed E-state index contributed by atoms with van der Waals surface area (Å²) in [5, 5.41) is 2.88. The van der Waals surface area contributed by atoms with Crippen molar-refractivity contribution in [2.75, 3.05) is 19.7 Å². The standard InChI is InChI=1S/C23H30N2O3/c1-15(2)16-3-5-17(6-4-16)18-7-8-22(9-18)12-25(13-22)20(26)19-10-23(11-19)14-28-21(27)24-23/h3-6,15,18-19H,7-14H2,1-2H3,(H,24,27)/t18?,19-,23+. The van der Waals surface area contributed by atoms with E-state index < -0.39 is 0 Å². The van der Waals surface area contributed by atoms with E-state index in [2.05, 4.69) is 48.3 Å². The van der Waals surface area contributed by atoms with Crippen LogP contribution in [0.15, 0.2) is 24.3 Å². The lowest BCUT2D eigenvalue weighted by Gasteiger charge is -2.52. The van der Waals surface area contributed by atoms with Gasteiger partial charge >= 0.3 is 6.09 Å². The van der Waals surface area contributed by atoms with Gasteiger partial charge in [-0.15, -0.1) is 0 Å². The van der Waals surface area contributed by atoms with Crippen molar-refractivity contribution >= 4 is 12.0 Å². The molecule has 1 N–H and O–H groups in total. The third kappa shape index (κ3) is 2.90. The molecular formula is C23H30N2O3. The minimum absolute atomic E-state index is 0.0557. The largest absolute Gasteiger partial charge is 0.447 e. The normalized spacial score (nSPS) is 33.0. The molecule has 2 saturated carbocycles. The average molecular weight is 383 g/mol. The molecule has 5 nitrogen and oxygen atoms in total. The van der Waals surface area contributed by atoms with Crippen LogP contribution in [0.3, 0.4) is 0 Å². The van der Waals surface area contributed by atoms with Crippen LogP contribution in [-0.4, -0.2) is 42.1 Å². The summed E-state index contributed by atoms with van der Waals surface area (Å²) in [4.78, 5) is 26.1. The van der Waals surface area contributed by atoms with E-state index >= 15 is 0 Å². The van der Waals surface area contributed by atoms with Crippen molar-refractivity contribution in [3.8, 4) is 0 Å². The fourth-order valence-corrected chi connectivity index (χ4v) is 5.88. The molecule has 2 aliphatic heterocycles. The Hall–Kier alpha value is -2.04. The Labute approximate surface area is 166 Å². The summed E-state index contributed by atoms with van der Waals surface area (Å²) >= 11 is 0. The van der Waals surface area contributed by atoms with E-state index in [1.54, 1.807) is 0 Å². The van der Waals surface area contributed by atoms with Gasteiger partial charge in [-0.25, -0.2) is 4.79 Å². The number of nitrogens with one attached hydrogen (secondary N) is 1. The third-order valence-electron chi connectivity index (χ3n) is 7.61. The molecule has 150 valence electrons. The van der Waals surface area contributed by atoms with Gasteiger partial charge in [0.15, 0.2) is 0 Å². The zero-order chi connectivity index (χ0) is 19.5. The second-order valence-electron chi connectivity index (χ2n) is 10.0. The molecule has 1 aromatic rings. The maximum Gasteiger partial charge on any atom is 0.407 e. The van der Waals surface area contributed by atoms with Crippen molar-refractivity contribution in [3.63, 3.8) is 0 Å². The Bertz CT molecular complexity index is 789. The first-order chi connectivity index (χ1) is 13.4. The van der Waals surface area contributed by atoms with Gasteiger partial charge in [-0.3, -0.25) is 4.79 Å². The molecule has 5 heteroatoms. The van der Waals surface area contributed by atoms with E-state index in [0.717, 1.165) is 25.9 Å². The van der Waals surface area contributed by atoms with E-state index in [4.69, 9.17) is 4.74 Å². The van der Waals surface area contributed by atoms with Crippen LogP contribution < -0.4 is 5.32 Å². The van der Waals surface area contributed by atoms with Crippen LogP contribution in [0.5, 0.6) is 0 Å². The van der Waals surface area contributed by atoms with Crippen LogP contribution in [0.25, 0.3) is 0 Å². The number of likely N-dealkylation sites (tertiary alicyclic amines) is 1. The number of cyclic esters (lactones) is 1. The number of nitrogens with zero attached hydrogens (tertiary/aromatic N) is 1. The molecule has 0 aromatic heterocycles. The number of carbonyl (C=O) groups is 2. The molecule has 2 saturated heterocycles. The van der Waals surface area contributed by atoms with E-state index in [9.17, 15) is 9.59 Å². The minimum Gasteiger partial charge on any atom is -0.447 e. The van der Waals surface area contributed by atoms with Gasteiger partial charge in [0.1, 0.15) is 6.61 Å². The highest BCUT2D eigenvalue weighted by Gasteiger charge is 2.56. The summed E-state index contributed by atoms with van der Waals surface area (Å²) in [6.45, 7) is 6.71. The van der Waals surface area contributed by atoms with E-state index in [1.165, 1.54) is 30.4 Å². The van der Waals surface area contributed by atoms with Crippen molar-refractivity contribution in [1.29, 1.82) is 0 Å². The first-order valence-corrected chi connectivity index (χ1v) is 10.7. The highest BCUT2D eigenvalue weighted by atomic mass is 16.6. The summed E-state index contributed by atoms with van der Waals surface area (Å²) < 4.78 is 5.01. The van der Waals surface area contributed by atoms with Gasteiger partial charge in [-0.2, -0.15) is 0 Å². The van der Waals surface area contributed by atoms with Crippen molar-refractivity contribution in [2.45, 2.75) is 63.3 Å². The third-order valence-corrected chi connectivity index (χ3v) is 7.61. The number of rotatable bonds is 3. The Morgan fingerprint density at radius 1 is 1.18 bits per heavy atom. The molecule has 2 aliphatic carbocycles. The van der Waals surface area contributed by atoms with Crippen molar-refractivity contribution in [2.24, 2.45) is 11.3 Å². The van der Waals surface area contributed by atoms with Gasteiger partial charge in [0.2, 0.25) is 5.91 Å². The zero-order valence-corrected chi connectivity index (χ0v) is 16.9. The molecule has 2 spiro atoms. The van der Waals surface area contributed by atoms with E-state index in [1.807, 2.05) is 0 Å². The fourth-order valence-electron chi connectivity index (χ4n) is 5.88. The predicted molar refractivity (Wildman–Crippen MR) is 106 cm³/mol. The second kappa shape index (κ2) is 6.23. The van der Waals surface area contributed by atoms with Crippen LogP contribution in [0.4, 0.5) is 4.79 Å². The summed E-state index contributed by atoms with van der Waals surface area (Å²) in [5.74, 6) is 1.54. The summed E-state index contributed by atoms with van der Waals surface area (Å²) in [6, 6.07) is 9.18. The highest BCUT2D eigenvalue weighted by molar-refractivity contribution is 5.82. The molecule has 0 bridgehead atoms. The molecule has 1 atom stereocenters. The van der Waals surface area contributed by atoms with E-state index in [-0.39, 0.29) is 23.5 Å². The van der Waals surface area contributed by atoms with Crippen LogP contribution in [0.2, 0.25) is 0 Å². The molecule has 0 radical (unpaired) electrons. The summed E-state index contributed by atoms with van der Waals surface area (Å²) in [5.41, 5.74) is 2.94. The molecule has 1 aromatic carbocycles. The summed E-state index contributed by atoms with van der Waals surface area (Å²) in [7, 11) is 0. The number of hydrogen-bond acceptors (Lipinski definition) is 3. The van der Waals surface area contributed by atoms with Gasteiger partial charge in [0.25, 0.3) is 0 Å². The van der Waals surface area contributed by atoms with Crippen molar-refractivity contribution < 1.29 is 14.3 Å². The molecule has 2 amide bonds. The average Bonchev–Trinajstić information content (AvgIpc) is 3.23. The Morgan fingerprint density at radius 3 is 2.50 bits per heavy atom. The van der Waals surface area contributed by atoms with Gasteiger partial charge in [-0.05, 0) is 55.1 Å². The SMILES string of the molecule is CC(C)c1ccc(C2CCC3(C2)CN(C(=O)[C@H]2C[C@]4(COC(=O)N4)C2)C3)cc1. The number of alkyl carbamates (subject to hydrolysis) is 1. The molecule has 28 heavy (non-hydrogen) atoms. The van der Waals surface area contributed by atoms with Gasteiger partial charge in [0, 0.05) is 24.4 Å². The number of ether oxygens (including phenoxy) is 1. The molecule has 2 heterocycles. The fraction of sp³-hybridized carbons (Fsp3) is 0.652. The maximum atomic E-state index is 12.8. The second-order valence-corrected chi connectivity index (χ2v) is 10.0. The number of amides is 2. The van der Waals surface area contributed by atoms with Crippen LogP contribution in [0, 0.1) is 11.3 Å². The first kappa shape index (κ1) is 18.0. The topological polar surface area (TPSA) is 58.6 Å². The Balaban J connectivity index is 1.14. The van der Waals surface area contributed by atoms with E-state index in [0.29, 0.717) is 23.9 Å². The lowest BCUT2D eigenvalue weighted by molar-refractivity contribution is -0.153. The first-order valence-electron chi connectivity index (χ1n) is 10.7. The van der Waals surface area contributed by atoms with Gasteiger partial charge in [-0.1, -0.05) is 38.1 Å². The molecular weight excluding hydrogens is 352 g/mol. The smallest absolute Gasteiger partial charge is 0.407 e. The summed E-state index contributed by atoms with van der Waals surface area (Å²) in [6.07, 6.45) is 4.78. The Morgan fingerprint density at radius 2 is 1.89 bits per heavy atom. The quantitative estimate of drug-likeness (QED) is 0.865. The van der Waals surface area contributed by atoms with Crippen LogP contribution in [-0.2, 0) is 9.53 Å². The van der Waals surface area contributed by atoms with Gasteiger partial charge in [0.05, 0.1) is 5.54 Å². The van der Waals surface area contributed by atoms with Crippen molar-refractivity contribution in [3.05, 3.63) is 35.4 Å².